The number of rotatable bonds is 4. The minimum atomic E-state index is 0.287. The Morgan fingerprint density at radius 3 is 2.61 bits per heavy atom. The molecule has 2 atom stereocenters. The van der Waals surface area contributed by atoms with Crippen LogP contribution in [-0.4, -0.2) is 22.6 Å². The van der Waals surface area contributed by atoms with Crippen LogP contribution in [0.1, 0.15) is 40.0 Å². The maximum Gasteiger partial charge on any atom is 0.234 e. The molecule has 0 radical (unpaired) electrons. The average molecular weight is 249 g/mol. The number of ether oxygens (including phenoxy) is 1. The molecule has 1 fully saturated rings. The summed E-state index contributed by atoms with van der Waals surface area (Å²) >= 11 is 0. The van der Waals surface area contributed by atoms with Gasteiger partial charge in [-0.25, -0.2) is 0 Å². The van der Waals surface area contributed by atoms with E-state index in [4.69, 9.17) is 4.74 Å². The van der Waals surface area contributed by atoms with Crippen LogP contribution in [0.4, 0.5) is 5.82 Å². The molecule has 1 aromatic heterocycles. The SMILES string of the molecule is CCNc1cncc(OC2CC(C)CC(C)C2)n1. The minimum absolute atomic E-state index is 0.287. The number of hydrogen-bond acceptors (Lipinski definition) is 4. The summed E-state index contributed by atoms with van der Waals surface area (Å²) in [5.74, 6) is 2.90. The smallest absolute Gasteiger partial charge is 0.234 e. The number of nitrogens with zero attached hydrogens (tertiary/aromatic N) is 2. The monoisotopic (exact) mass is 249 g/mol. The highest BCUT2D eigenvalue weighted by Crippen LogP contribution is 2.30. The van der Waals surface area contributed by atoms with Crippen molar-refractivity contribution < 1.29 is 4.74 Å². The second-order valence-electron chi connectivity index (χ2n) is 5.43. The van der Waals surface area contributed by atoms with Gasteiger partial charge in [-0.15, -0.1) is 0 Å². The van der Waals surface area contributed by atoms with Crippen molar-refractivity contribution in [3.63, 3.8) is 0 Å². The zero-order valence-corrected chi connectivity index (χ0v) is 11.5. The Hall–Kier alpha value is -1.32. The molecule has 1 aliphatic rings. The third kappa shape index (κ3) is 3.59. The van der Waals surface area contributed by atoms with Gasteiger partial charge < -0.3 is 10.1 Å². The summed E-state index contributed by atoms with van der Waals surface area (Å²) in [5.41, 5.74) is 0. The number of anilines is 1. The van der Waals surface area contributed by atoms with Gasteiger partial charge in [0.2, 0.25) is 5.88 Å². The predicted octanol–water partition coefficient (Wildman–Crippen LogP) is 3.11. The molecular weight excluding hydrogens is 226 g/mol. The number of hydrogen-bond donors (Lipinski definition) is 1. The van der Waals surface area contributed by atoms with Crippen LogP contribution in [0.25, 0.3) is 0 Å². The molecule has 2 rings (SSSR count). The van der Waals surface area contributed by atoms with Gasteiger partial charge >= 0.3 is 0 Å². The summed E-state index contributed by atoms with van der Waals surface area (Å²) in [7, 11) is 0. The average Bonchev–Trinajstić information content (AvgIpc) is 2.28. The Morgan fingerprint density at radius 2 is 1.94 bits per heavy atom. The van der Waals surface area contributed by atoms with Crippen LogP contribution in [-0.2, 0) is 0 Å². The molecule has 0 spiro atoms. The molecule has 0 aliphatic heterocycles. The third-order valence-electron chi connectivity index (χ3n) is 3.39. The molecule has 1 saturated carbocycles. The lowest BCUT2D eigenvalue weighted by Gasteiger charge is -2.31. The van der Waals surface area contributed by atoms with E-state index in [0.717, 1.165) is 37.0 Å². The summed E-state index contributed by atoms with van der Waals surface area (Å²) < 4.78 is 5.97. The standard InChI is InChI=1S/C14H23N3O/c1-4-16-13-8-15-9-14(17-13)18-12-6-10(2)5-11(3)7-12/h8-12H,4-7H2,1-3H3,(H,16,17). The Labute approximate surface area is 109 Å². The molecule has 1 heterocycles. The largest absolute Gasteiger partial charge is 0.473 e. The normalized spacial score (nSPS) is 27.8. The van der Waals surface area contributed by atoms with Crippen molar-refractivity contribution >= 4 is 5.82 Å². The lowest BCUT2D eigenvalue weighted by molar-refractivity contribution is 0.0964. The molecule has 4 heteroatoms. The third-order valence-corrected chi connectivity index (χ3v) is 3.39. The first-order valence-electron chi connectivity index (χ1n) is 6.90. The minimum Gasteiger partial charge on any atom is -0.473 e. The molecule has 4 nitrogen and oxygen atoms in total. The summed E-state index contributed by atoms with van der Waals surface area (Å²) in [6.45, 7) is 7.48. The summed E-state index contributed by atoms with van der Waals surface area (Å²) in [5, 5.41) is 3.15. The summed E-state index contributed by atoms with van der Waals surface area (Å²) in [4.78, 5) is 8.57. The highest BCUT2D eigenvalue weighted by Gasteiger charge is 2.25. The second kappa shape index (κ2) is 6.03. The van der Waals surface area contributed by atoms with Gasteiger partial charge in [0.25, 0.3) is 0 Å². The van der Waals surface area contributed by atoms with Crippen LogP contribution < -0.4 is 10.1 Å². The van der Waals surface area contributed by atoms with Crippen molar-refractivity contribution in [3.8, 4) is 5.88 Å². The van der Waals surface area contributed by atoms with Crippen LogP contribution in [0.2, 0.25) is 0 Å². The molecule has 1 aromatic rings. The first kappa shape index (κ1) is 13.1. The Morgan fingerprint density at radius 1 is 1.22 bits per heavy atom. The fourth-order valence-corrected chi connectivity index (χ4v) is 2.81. The first-order valence-corrected chi connectivity index (χ1v) is 6.90. The highest BCUT2D eigenvalue weighted by atomic mass is 16.5. The topological polar surface area (TPSA) is 47.0 Å². The van der Waals surface area contributed by atoms with Gasteiger partial charge in [0.1, 0.15) is 11.9 Å². The quantitative estimate of drug-likeness (QED) is 0.890. The summed E-state index contributed by atoms with van der Waals surface area (Å²) in [6.07, 6.45) is 7.26. The molecule has 0 saturated heterocycles. The van der Waals surface area contributed by atoms with Gasteiger partial charge in [-0.3, -0.25) is 4.98 Å². The molecule has 0 amide bonds. The molecule has 0 aromatic carbocycles. The van der Waals surface area contributed by atoms with Gasteiger partial charge in [-0.1, -0.05) is 13.8 Å². The van der Waals surface area contributed by atoms with Crippen LogP contribution in [0.5, 0.6) is 5.88 Å². The van der Waals surface area contributed by atoms with E-state index in [2.05, 4.69) is 29.1 Å². The molecule has 1 aliphatic carbocycles. The van der Waals surface area contributed by atoms with Crippen molar-refractivity contribution in [1.29, 1.82) is 0 Å². The zero-order chi connectivity index (χ0) is 13.0. The molecule has 0 bridgehead atoms. The van der Waals surface area contributed by atoms with Crippen molar-refractivity contribution in [2.75, 3.05) is 11.9 Å². The second-order valence-corrected chi connectivity index (χ2v) is 5.43. The fraction of sp³-hybridized carbons (Fsp3) is 0.714. The van der Waals surface area contributed by atoms with Crippen molar-refractivity contribution in [2.24, 2.45) is 11.8 Å². The van der Waals surface area contributed by atoms with E-state index in [0.29, 0.717) is 5.88 Å². The van der Waals surface area contributed by atoms with Crippen LogP contribution >= 0.6 is 0 Å². The zero-order valence-electron chi connectivity index (χ0n) is 11.5. The maximum atomic E-state index is 5.97. The van der Waals surface area contributed by atoms with E-state index in [-0.39, 0.29) is 6.10 Å². The maximum absolute atomic E-state index is 5.97. The van der Waals surface area contributed by atoms with E-state index >= 15 is 0 Å². The Balaban J connectivity index is 1.97. The molecular formula is C14H23N3O. The van der Waals surface area contributed by atoms with Crippen molar-refractivity contribution in [3.05, 3.63) is 12.4 Å². The fourth-order valence-electron chi connectivity index (χ4n) is 2.81. The van der Waals surface area contributed by atoms with Gasteiger partial charge in [-0.05, 0) is 38.0 Å². The first-order chi connectivity index (χ1) is 8.67. The predicted molar refractivity (Wildman–Crippen MR) is 72.8 cm³/mol. The highest BCUT2D eigenvalue weighted by molar-refractivity contribution is 5.32. The molecule has 100 valence electrons. The lowest BCUT2D eigenvalue weighted by atomic mass is 9.82. The van der Waals surface area contributed by atoms with Crippen molar-refractivity contribution in [1.82, 2.24) is 9.97 Å². The van der Waals surface area contributed by atoms with Crippen LogP contribution in [0.3, 0.4) is 0 Å². The van der Waals surface area contributed by atoms with Gasteiger partial charge in [0.05, 0.1) is 12.4 Å². The van der Waals surface area contributed by atoms with E-state index in [1.807, 2.05) is 6.92 Å². The van der Waals surface area contributed by atoms with Crippen LogP contribution in [0.15, 0.2) is 12.4 Å². The number of aromatic nitrogens is 2. The lowest BCUT2D eigenvalue weighted by Crippen LogP contribution is -2.28. The van der Waals surface area contributed by atoms with Gasteiger partial charge in [-0.2, -0.15) is 4.98 Å². The Kier molecular flexibility index (Phi) is 4.39. The van der Waals surface area contributed by atoms with E-state index in [1.54, 1.807) is 12.4 Å². The van der Waals surface area contributed by atoms with E-state index in [1.165, 1.54) is 6.42 Å². The molecule has 18 heavy (non-hydrogen) atoms. The number of nitrogens with one attached hydrogen (secondary N) is 1. The van der Waals surface area contributed by atoms with E-state index < -0.39 is 0 Å². The van der Waals surface area contributed by atoms with Gasteiger partial charge in [0, 0.05) is 6.54 Å². The van der Waals surface area contributed by atoms with E-state index in [9.17, 15) is 0 Å². The summed E-state index contributed by atoms with van der Waals surface area (Å²) in [6, 6.07) is 0. The molecule has 1 N–H and O–H groups in total. The van der Waals surface area contributed by atoms with Crippen LogP contribution in [0, 0.1) is 11.8 Å². The van der Waals surface area contributed by atoms with Gasteiger partial charge in [0.15, 0.2) is 0 Å². The van der Waals surface area contributed by atoms with Crippen molar-refractivity contribution in [2.45, 2.75) is 46.1 Å². The Bertz CT molecular complexity index is 373. The molecule has 2 unspecified atom stereocenters.